The van der Waals surface area contributed by atoms with Crippen molar-refractivity contribution in [2.24, 2.45) is 0 Å². The summed E-state index contributed by atoms with van der Waals surface area (Å²) in [6.45, 7) is 4.04. The highest BCUT2D eigenvalue weighted by Gasteiger charge is 2.29. The van der Waals surface area contributed by atoms with Crippen molar-refractivity contribution >= 4 is 11.9 Å². The van der Waals surface area contributed by atoms with Gasteiger partial charge in [-0.1, -0.05) is 19.3 Å². The average molecular weight is 262 g/mol. The van der Waals surface area contributed by atoms with Gasteiger partial charge in [-0.2, -0.15) is 0 Å². The molecule has 19 heavy (non-hydrogen) atoms. The van der Waals surface area contributed by atoms with Crippen molar-refractivity contribution < 1.29 is 4.79 Å². The van der Waals surface area contributed by atoms with Crippen LogP contribution in [-0.4, -0.2) is 27.5 Å². The monoisotopic (exact) mass is 262 g/mol. The molecule has 1 aromatic rings. The molecule has 2 N–H and O–H groups in total. The van der Waals surface area contributed by atoms with E-state index in [0.29, 0.717) is 5.69 Å². The summed E-state index contributed by atoms with van der Waals surface area (Å²) in [7, 11) is 0. The summed E-state index contributed by atoms with van der Waals surface area (Å²) in [6.07, 6.45) is 8.80. The summed E-state index contributed by atoms with van der Waals surface area (Å²) in [6, 6.07) is 0. The van der Waals surface area contributed by atoms with Crippen molar-refractivity contribution in [3.05, 3.63) is 11.9 Å². The van der Waals surface area contributed by atoms with Gasteiger partial charge in [-0.3, -0.25) is 4.79 Å². The zero-order valence-corrected chi connectivity index (χ0v) is 11.5. The molecule has 0 unspecified atom stereocenters. The second-order valence-electron chi connectivity index (χ2n) is 6.00. The van der Waals surface area contributed by atoms with Crippen LogP contribution in [0.3, 0.4) is 0 Å². The van der Waals surface area contributed by atoms with Crippen LogP contribution in [0.25, 0.3) is 0 Å². The lowest BCUT2D eigenvalue weighted by Gasteiger charge is -2.34. The SMILES string of the molecule is CC1(NC(=O)c2cn3c(n2)NCCC3)CCCCC1. The fourth-order valence-corrected chi connectivity index (χ4v) is 3.08. The van der Waals surface area contributed by atoms with Crippen LogP contribution in [-0.2, 0) is 6.54 Å². The molecule has 1 fully saturated rings. The summed E-state index contributed by atoms with van der Waals surface area (Å²) in [5.41, 5.74) is 0.489. The number of aryl methyl sites for hydroxylation is 1. The third kappa shape index (κ3) is 2.60. The number of carbonyl (C=O) groups excluding carboxylic acids is 1. The third-order valence-corrected chi connectivity index (χ3v) is 4.24. The highest BCUT2D eigenvalue weighted by Crippen LogP contribution is 2.28. The van der Waals surface area contributed by atoms with Gasteiger partial charge in [0.15, 0.2) is 0 Å². The summed E-state index contributed by atoms with van der Waals surface area (Å²) >= 11 is 0. The van der Waals surface area contributed by atoms with Crippen molar-refractivity contribution in [3.63, 3.8) is 0 Å². The average Bonchev–Trinajstić information content (AvgIpc) is 2.83. The van der Waals surface area contributed by atoms with Crippen LogP contribution >= 0.6 is 0 Å². The molecule has 0 spiro atoms. The number of fused-ring (bicyclic) bond motifs is 1. The quantitative estimate of drug-likeness (QED) is 0.858. The molecule has 1 aliphatic heterocycles. The van der Waals surface area contributed by atoms with Gasteiger partial charge < -0.3 is 15.2 Å². The third-order valence-electron chi connectivity index (χ3n) is 4.24. The second-order valence-corrected chi connectivity index (χ2v) is 6.00. The Labute approximate surface area is 113 Å². The van der Waals surface area contributed by atoms with E-state index in [9.17, 15) is 4.79 Å². The predicted molar refractivity (Wildman–Crippen MR) is 74.3 cm³/mol. The number of nitrogens with zero attached hydrogens (tertiary/aromatic N) is 2. The van der Waals surface area contributed by atoms with E-state index in [2.05, 4.69) is 22.5 Å². The number of imidazole rings is 1. The molecule has 0 atom stereocenters. The molecular weight excluding hydrogens is 240 g/mol. The maximum Gasteiger partial charge on any atom is 0.271 e. The molecule has 0 bridgehead atoms. The first-order chi connectivity index (χ1) is 9.16. The maximum absolute atomic E-state index is 12.3. The Morgan fingerprint density at radius 2 is 2.16 bits per heavy atom. The smallest absolute Gasteiger partial charge is 0.271 e. The van der Waals surface area contributed by atoms with Crippen molar-refractivity contribution in [1.29, 1.82) is 0 Å². The molecule has 1 aromatic heterocycles. The van der Waals surface area contributed by atoms with Gasteiger partial charge in [0.25, 0.3) is 5.91 Å². The van der Waals surface area contributed by atoms with E-state index in [1.165, 1.54) is 19.3 Å². The lowest BCUT2D eigenvalue weighted by molar-refractivity contribution is 0.0878. The van der Waals surface area contributed by atoms with Crippen molar-refractivity contribution in [2.75, 3.05) is 11.9 Å². The summed E-state index contributed by atoms with van der Waals surface area (Å²) < 4.78 is 2.03. The molecule has 0 aromatic carbocycles. The minimum Gasteiger partial charge on any atom is -0.356 e. The molecule has 3 rings (SSSR count). The van der Waals surface area contributed by atoms with E-state index in [4.69, 9.17) is 0 Å². The molecule has 0 radical (unpaired) electrons. The number of rotatable bonds is 2. The molecule has 1 saturated carbocycles. The summed E-state index contributed by atoms with van der Waals surface area (Å²) in [5.74, 6) is 0.790. The lowest BCUT2D eigenvalue weighted by Crippen LogP contribution is -2.47. The van der Waals surface area contributed by atoms with Gasteiger partial charge in [-0.25, -0.2) is 4.98 Å². The van der Waals surface area contributed by atoms with Gasteiger partial charge in [0.1, 0.15) is 5.69 Å². The van der Waals surface area contributed by atoms with Gasteiger partial charge in [0, 0.05) is 24.8 Å². The predicted octanol–water partition coefficient (Wildman–Crippen LogP) is 2.15. The largest absolute Gasteiger partial charge is 0.356 e. The molecule has 104 valence electrons. The first-order valence-corrected chi connectivity index (χ1v) is 7.30. The Balaban J connectivity index is 1.71. The fourth-order valence-electron chi connectivity index (χ4n) is 3.08. The minimum atomic E-state index is -0.0487. The number of hydrogen-bond acceptors (Lipinski definition) is 3. The van der Waals surface area contributed by atoms with Gasteiger partial charge in [0.2, 0.25) is 5.95 Å². The van der Waals surface area contributed by atoms with E-state index in [0.717, 1.165) is 38.3 Å². The normalized spacial score (nSPS) is 21.3. The number of hydrogen-bond donors (Lipinski definition) is 2. The van der Waals surface area contributed by atoms with Gasteiger partial charge in [0.05, 0.1) is 0 Å². The molecule has 5 heteroatoms. The van der Waals surface area contributed by atoms with E-state index in [-0.39, 0.29) is 11.4 Å². The number of carbonyl (C=O) groups is 1. The Hall–Kier alpha value is -1.52. The Bertz CT molecular complexity index is 450. The first-order valence-electron chi connectivity index (χ1n) is 7.30. The molecule has 2 aliphatic rings. The van der Waals surface area contributed by atoms with E-state index in [1.54, 1.807) is 0 Å². The van der Waals surface area contributed by atoms with Gasteiger partial charge >= 0.3 is 0 Å². The highest BCUT2D eigenvalue weighted by atomic mass is 16.2. The maximum atomic E-state index is 12.3. The lowest BCUT2D eigenvalue weighted by atomic mass is 9.83. The molecule has 1 amide bonds. The molecule has 1 aliphatic carbocycles. The van der Waals surface area contributed by atoms with Crippen LogP contribution in [0.15, 0.2) is 6.20 Å². The van der Waals surface area contributed by atoms with Crippen LogP contribution in [0.5, 0.6) is 0 Å². The topological polar surface area (TPSA) is 59.0 Å². The number of nitrogens with one attached hydrogen (secondary N) is 2. The molecule has 5 nitrogen and oxygen atoms in total. The Morgan fingerprint density at radius 1 is 1.37 bits per heavy atom. The van der Waals surface area contributed by atoms with E-state index >= 15 is 0 Å². The first kappa shape index (κ1) is 12.5. The van der Waals surface area contributed by atoms with Crippen LogP contribution in [0.2, 0.25) is 0 Å². The van der Waals surface area contributed by atoms with E-state index in [1.807, 2.05) is 10.8 Å². The van der Waals surface area contributed by atoms with Crippen molar-refractivity contribution in [2.45, 2.75) is 57.5 Å². The zero-order valence-electron chi connectivity index (χ0n) is 11.5. The van der Waals surface area contributed by atoms with Crippen molar-refractivity contribution in [3.8, 4) is 0 Å². The number of aromatic nitrogens is 2. The minimum absolute atomic E-state index is 0.0342. The van der Waals surface area contributed by atoms with Crippen LogP contribution in [0.1, 0.15) is 55.9 Å². The Kier molecular flexibility index (Phi) is 3.21. The van der Waals surface area contributed by atoms with Crippen LogP contribution in [0.4, 0.5) is 5.95 Å². The summed E-state index contributed by atoms with van der Waals surface area (Å²) in [5, 5.41) is 6.40. The zero-order chi connectivity index (χ0) is 13.3. The van der Waals surface area contributed by atoms with E-state index < -0.39 is 0 Å². The van der Waals surface area contributed by atoms with Gasteiger partial charge in [-0.05, 0) is 26.2 Å². The molecule has 2 heterocycles. The summed E-state index contributed by atoms with van der Waals surface area (Å²) in [4.78, 5) is 16.7. The Morgan fingerprint density at radius 3 is 2.89 bits per heavy atom. The standard InChI is InChI=1S/C14H22N4O/c1-14(6-3-2-4-7-14)17-12(19)11-10-18-9-5-8-15-13(18)16-11/h10H,2-9H2,1H3,(H,15,16)(H,17,19). The fraction of sp³-hybridized carbons (Fsp3) is 0.714. The van der Waals surface area contributed by atoms with Crippen LogP contribution in [0, 0.1) is 0 Å². The van der Waals surface area contributed by atoms with Crippen molar-refractivity contribution in [1.82, 2.24) is 14.9 Å². The van der Waals surface area contributed by atoms with Gasteiger partial charge in [-0.15, -0.1) is 0 Å². The molecular formula is C14H22N4O. The second kappa shape index (κ2) is 4.87. The highest BCUT2D eigenvalue weighted by molar-refractivity contribution is 5.93. The molecule has 0 saturated heterocycles. The van der Waals surface area contributed by atoms with Crippen LogP contribution < -0.4 is 10.6 Å². The number of amides is 1. The number of anilines is 1.